The number of hydrogen-bond donors (Lipinski definition) is 0. The summed E-state index contributed by atoms with van der Waals surface area (Å²) in [5.41, 5.74) is 0. The molecule has 0 saturated heterocycles. The van der Waals surface area contributed by atoms with Crippen LogP contribution in [0.5, 0.6) is 5.75 Å². The van der Waals surface area contributed by atoms with Gasteiger partial charge in [0.15, 0.2) is 0 Å². The van der Waals surface area contributed by atoms with Gasteiger partial charge in [-0.15, -0.1) is 0 Å². The van der Waals surface area contributed by atoms with Crippen molar-refractivity contribution in [3.8, 4) is 5.75 Å². The maximum atomic E-state index is 6.03. The van der Waals surface area contributed by atoms with Crippen molar-refractivity contribution in [1.82, 2.24) is 4.90 Å². The molecule has 1 unspecified atom stereocenters. The van der Waals surface area contributed by atoms with E-state index in [9.17, 15) is 0 Å². The summed E-state index contributed by atoms with van der Waals surface area (Å²) in [5.74, 6) is 3.08. The van der Waals surface area contributed by atoms with Gasteiger partial charge in [-0.3, -0.25) is 4.90 Å². The molecule has 0 fully saturated rings. The van der Waals surface area contributed by atoms with E-state index in [-0.39, 0.29) is 6.10 Å². The lowest BCUT2D eigenvalue weighted by molar-refractivity contribution is -0.0263. The zero-order valence-corrected chi connectivity index (χ0v) is 14.4. The van der Waals surface area contributed by atoms with Gasteiger partial charge in [0.1, 0.15) is 18.5 Å². The molecule has 0 bridgehead atoms. The first-order valence-corrected chi connectivity index (χ1v) is 9.05. The predicted octanol–water partition coefficient (Wildman–Crippen LogP) is 3.89. The number of rotatable bonds is 12. The molecule has 0 aromatic heterocycles. The molecule has 0 saturated carbocycles. The first-order chi connectivity index (χ1) is 10.3. The highest BCUT2D eigenvalue weighted by Gasteiger charge is 2.12. The van der Waals surface area contributed by atoms with Crippen molar-refractivity contribution < 1.29 is 9.47 Å². The van der Waals surface area contributed by atoms with Crippen LogP contribution in [0, 0.1) is 0 Å². The smallest absolute Gasteiger partial charge is 0.119 e. The third-order valence-corrected chi connectivity index (χ3v) is 4.52. The summed E-state index contributed by atoms with van der Waals surface area (Å²) in [6.45, 7) is 9.86. The molecule has 0 amide bonds. The van der Waals surface area contributed by atoms with E-state index in [2.05, 4.69) is 25.7 Å². The van der Waals surface area contributed by atoms with Crippen LogP contribution in [0.4, 0.5) is 0 Å². The van der Waals surface area contributed by atoms with Crippen molar-refractivity contribution in [3.05, 3.63) is 30.3 Å². The van der Waals surface area contributed by atoms with Crippen LogP contribution in [0.25, 0.3) is 0 Å². The highest BCUT2D eigenvalue weighted by atomic mass is 32.2. The number of ether oxygens (including phenoxy) is 2. The Hall–Kier alpha value is -0.710. The maximum Gasteiger partial charge on any atom is 0.119 e. The van der Waals surface area contributed by atoms with Crippen molar-refractivity contribution >= 4 is 11.8 Å². The molecule has 0 heterocycles. The van der Waals surface area contributed by atoms with E-state index in [0.717, 1.165) is 24.6 Å². The summed E-state index contributed by atoms with van der Waals surface area (Å²) in [6.07, 6.45) is 1.34. The Bertz CT molecular complexity index is 344. The topological polar surface area (TPSA) is 21.7 Å². The van der Waals surface area contributed by atoms with E-state index in [4.69, 9.17) is 9.47 Å². The second-order valence-electron chi connectivity index (χ2n) is 4.92. The quantitative estimate of drug-likeness (QED) is 0.431. The van der Waals surface area contributed by atoms with Crippen LogP contribution in [-0.2, 0) is 4.74 Å². The Morgan fingerprint density at radius 3 is 2.43 bits per heavy atom. The zero-order valence-electron chi connectivity index (χ0n) is 13.6. The monoisotopic (exact) mass is 311 g/mol. The van der Waals surface area contributed by atoms with Gasteiger partial charge >= 0.3 is 0 Å². The van der Waals surface area contributed by atoms with E-state index in [1.165, 1.54) is 12.2 Å². The Labute approximate surface area is 134 Å². The van der Waals surface area contributed by atoms with Gasteiger partial charge in [-0.25, -0.2) is 0 Å². The van der Waals surface area contributed by atoms with Crippen LogP contribution < -0.4 is 4.74 Å². The summed E-state index contributed by atoms with van der Waals surface area (Å²) in [5, 5.41) is 0. The second kappa shape index (κ2) is 11.9. The van der Waals surface area contributed by atoms with Gasteiger partial charge in [0.25, 0.3) is 0 Å². The van der Waals surface area contributed by atoms with Crippen molar-refractivity contribution in [2.45, 2.75) is 33.3 Å². The molecule has 4 heteroatoms. The van der Waals surface area contributed by atoms with Crippen LogP contribution in [0.2, 0.25) is 0 Å². The van der Waals surface area contributed by atoms with Crippen LogP contribution in [-0.4, -0.2) is 48.9 Å². The standard InChI is InChI=1S/C17H29NO2S/c1-4-12-21-14-17(20-15-18(5-2)6-3)13-19-16-10-8-7-9-11-16/h7-11,17H,4-6,12-15H2,1-3H3. The average Bonchev–Trinajstić information content (AvgIpc) is 2.54. The minimum Gasteiger partial charge on any atom is -0.491 e. The van der Waals surface area contributed by atoms with Crippen molar-refractivity contribution in [1.29, 1.82) is 0 Å². The largest absolute Gasteiger partial charge is 0.491 e. The third-order valence-electron chi connectivity index (χ3n) is 3.22. The molecule has 0 N–H and O–H groups in total. The zero-order chi connectivity index (χ0) is 15.3. The average molecular weight is 311 g/mol. The molecule has 0 radical (unpaired) electrons. The fourth-order valence-corrected chi connectivity index (χ4v) is 2.74. The van der Waals surface area contributed by atoms with Gasteiger partial charge < -0.3 is 9.47 Å². The molecule has 1 atom stereocenters. The molecule has 0 aliphatic carbocycles. The minimum atomic E-state index is 0.141. The number of thioether (sulfide) groups is 1. The van der Waals surface area contributed by atoms with Gasteiger partial charge in [0.2, 0.25) is 0 Å². The molecule has 1 rings (SSSR count). The first kappa shape index (κ1) is 18.3. The summed E-state index contributed by atoms with van der Waals surface area (Å²) >= 11 is 1.94. The van der Waals surface area contributed by atoms with Crippen molar-refractivity contribution in [2.24, 2.45) is 0 Å². The molecule has 1 aromatic carbocycles. The SMILES string of the molecule is CCCSCC(COc1ccccc1)OCN(CC)CC. The molecule has 120 valence electrons. The Kier molecular flexibility index (Phi) is 10.4. The summed E-state index contributed by atoms with van der Waals surface area (Å²) in [4.78, 5) is 2.28. The molecule has 21 heavy (non-hydrogen) atoms. The summed E-state index contributed by atoms with van der Waals surface area (Å²) in [7, 11) is 0. The molecule has 0 spiro atoms. The molecule has 3 nitrogen and oxygen atoms in total. The third kappa shape index (κ3) is 8.34. The summed E-state index contributed by atoms with van der Waals surface area (Å²) < 4.78 is 11.9. The normalized spacial score (nSPS) is 12.6. The van der Waals surface area contributed by atoms with E-state index >= 15 is 0 Å². The fraction of sp³-hybridized carbons (Fsp3) is 0.647. The minimum absolute atomic E-state index is 0.141. The van der Waals surface area contributed by atoms with Gasteiger partial charge in [0.05, 0.1) is 6.73 Å². The first-order valence-electron chi connectivity index (χ1n) is 7.89. The van der Waals surface area contributed by atoms with E-state index in [1.807, 2.05) is 42.1 Å². The van der Waals surface area contributed by atoms with Gasteiger partial charge in [0, 0.05) is 5.75 Å². The second-order valence-corrected chi connectivity index (χ2v) is 6.07. The number of nitrogens with zero attached hydrogens (tertiary/aromatic N) is 1. The molecule has 1 aromatic rings. The van der Waals surface area contributed by atoms with Crippen LogP contribution in [0.1, 0.15) is 27.2 Å². The van der Waals surface area contributed by atoms with Crippen LogP contribution in [0.15, 0.2) is 30.3 Å². The van der Waals surface area contributed by atoms with Gasteiger partial charge in [-0.2, -0.15) is 11.8 Å². The van der Waals surface area contributed by atoms with E-state index in [0.29, 0.717) is 13.3 Å². The predicted molar refractivity (Wildman–Crippen MR) is 92.2 cm³/mol. The lowest BCUT2D eigenvalue weighted by atomic mass is 10.3. The van der Waals surface area contributed by atoms with E-state index < -0.39 is 0 Å². The maximum absolute atomic E-state index is 6.03. The number of para-hydroxylation sites is 1. The molecular formula is C17H29NO2S. The van der Waals surface area contributed by atoms with E-state index in [1.54, 1.807) is 0 Å². The lowest BCUT2D eigenvalue weighted by Crippen LogP contribution is -2.33. The van der Waals surface area contributed by atoms with Crippen molar-refractivity contribution in [3.63, 3.8) is 0 Å². The fourth-order valence-electron chi connectivity index (χ4n) is 1.83. The number of hydrogen-bond acceptors (Lipinski definition) is 4. The van der Waals surface area contributed by atoms with Crippen molar-refractivity contribution in [2.75, 3.05) is 37.9 Å². The molecule has 0 aliphatic rings. The lowest BCUT2D eigenvalue weighted by Gasteiger charge is -2.23. The Balaban J connectivity index is 2.39. The molecular weight excluding hydrogens is 282 g/mol. The number of benzene rings is 1. The highest BCUT2D eigenvalue weighted by molar-refractivity contribution is 7.99. The Morgan fingerprint density at radius 1 is 1.10 bits per heavy atom. The summed E-state index contributed by atoms with van der Waals surface area (Å²) in [6, 6.07) is 9.96. The van der Waals surface area contributed by atoms with Gasteiger partial charge in [-0.1, -0.05) is 39.0 Å². The van der Waals surface area contributed by atoms with Crippen LogP contribution in [0.3, 0.4) is 0 Å². The van der Waals surface area contributed by atoms with Gasteiger partial charge in [-0.05, 0) is 37.4 Å². The highest BCUT2D eigenvalue weighted by Crippen LogP contribution is 2.12. The van der Waals surface area contributed by atoms with Crippen LogP contribution >= 0.6 is 11.8 Å². The Morgan fingerprint density at radius 2 is 1.81 bits per heavy atom. The molecule has 0 aliphatic heterocycles.